The topological polar surface area (TPSA) is 165 Å². The maximum absolute atomic E-state index is 14.7. The van der Waals surface area contributed by atoms with Gasteiger partial charge in [0.25, 0.3) is 5.91 Å². The third-order valence-corrected chi connectivity index (χ3v) is 10.8. The molecule has 1 spiro atoms. The molecule has 2 aliphatic carbocycles. The lowest BCUT2D eigenvalue weighted by Gasteiger charge is -2.36. The molecule has 2 saturated carbocycles. The fourth-order valence-corrected chi connectivity index (χ4v) is 7.71. The minimum absolute atomic E-state index is 0.0123. The summed E-state index contributed by atoms with van der Waals surface area (Å²) in [5, 5.41) is 13.0. The number of ketones is 1. The molecule has 0 unspecified atom stereocenters. The Bertz CT molecular complexity index is 1560. The van der Waals surface area contributed by atoms with E-state index in [4.69, 9.17) is 14.3 Å². The SMILES string of the molecule is CCC[C@H](NC(=O)[C@@H]1C[C@]2(CC(c3cc(C)c(OC)cc3OC)=NO2)CN1C(=O)[C@@H](NC(=O)CC1CCCCC1)C(C)(C)C)C(=O)C(=O)NC1CC1. The molecule has 3 N–H and O–H groups in total. The van der Waals surface area contributed by atoms with Crippen molar-refractivity contribution in [3.8, 4) is 11.5 Å². The van der Waals surface area contributed by atoms with Crippen molar-refractivity contribution in [2.45, 2.75) is 141 Å². The zero-order valence-corrected chi connectivity index (χ0v) is 31.9. The normalized spacial score (nSPS) is 22.9. The van der Waals surface area contributed by atoms with E-state index in [0.717, 1.165) is 44.1 Å². The number of rotatable bonds is 14. The van der Waals surface area contributed by atoms with Crippen molar-refractivity contribution in [2.24, 2.45) is 16.5 Å². The number of nitrogens with zero attached hydrogens (tertiary/aromatic N) is 2. The fraction of sp³-hybridized carbons (Fsp3) is 0.692. The van der Waals surface area contributed by atoms with Crippen LogP contribution in [0.25, 0.3) is 0 Å². The largest absolute Gasteiger partial charge is 0.496 e. The highest BCUT2D eigenvalue weighted by molar-refractivity contribution is 6.38. The van der Waals surface area contributed by atoms with Gasteiger partial charge in [-0.1, -0.05) is 58.5 Å². The van der Waals surface area contributed by atoms with Crippen LogP contribution in [0.1, 0.15) is 116 Å². The zero-order chi connectivity index (χ0) is 37.8. The Kier molecular flexibility index (Phi) is 12.2. The van der Waals surface area contributed by atoms with Crippen LogP contribution in [-0.4, -0.2) is 90.6 Å². The molecule has 1 aromatic carbocycles. The van der Waals surface area contributed by atoms with E-state index in [1.165, 1.54) is 11.3 Å². The van der Waals surface area contributed by atoms with Gasteiger partial charge in [0.1, 0.15) is 23.6 Å². The number of oxime groups is 1. The van der Waals surface area contributed by atoms with Gasteiger partial charge in [-0.2, -0.15) is 0 Å². The number of benzene rings is 1. The molecule has 13 heteroatoms. The highest BCUT2D eigenvalue weighted by Gasteiger charge is 2.56. The van der Waals surface area contributed by atoms with Crippen LogP contribution in [0.4, 0.5) is 0 Å². The van der Waals surface area contributed by atoms with Gasteiger partial charge in [-0.15, -0.1) is 0 Å². The first-order valence-corrected chi connectivity index (χ1v) is 18.9. The molecule has 2 aliphatic heterocycles. The average Bonchev–Trinajstić information content (AvgIpc) is 3.71. The van der Waals surface area contributed by atoms with Crippen molar-refractivity contribution in [1.82, 2.24) is 20.9 Å². The maximum atomic E-state index is 14.7. The summed E-state index contributed by atoms with van der Waals surface area (Å²) >= 11 is 0. The van der Waals surface area contributed by atoms with E-state index in [1.807, 2.05) is 40.7 Å². The van der Waals surface area contributed by atoms with Gasteiger partial charge >= 0.3 is 0 Å². The predicted octanol–water partition coefficient (Wildman–Crippen LogP) is 4.11. The number of ether oxygens (including phenoxy) is 2. The number of Topliss-reactive ketones (excluding diaryl/α,β-unsaturated/α-hetero) is 1. The van der Waals surface area contributed by atoms with Crippen molar-refractivity contribution in [1.29, 1.82) is 0 Å². The van der Waals surface area contributed by atoms with Crippen LogP contribution < -0.4 is 25.4 Å². The summed E-state index contributed by atoms with van der Waals surface area (Å²) in [5.41, 5.74) is 0.427. The molecular formula is C39H57N5O8. The first-order chi connectivity index (χ1) is 24.7. The summed E-state index contributed by atoms with van der Waals surface area (Å²) in [6.45, 7) is 9.47. The number of amides is 4. The highest BCUT2D eigenvalue weighted by atomic mass is 16.7. The summed E-state index contributed by atoms with van der Waals surface area (Å²) < 4.78 is 11.2. The molecule has 2 heterocycles. The molecule has 4 atom stereocenters. The number of hydrogen-bond acceptors (Lipinski definition) is 9. The summed E-state index contributed by atoms with van der Waals surface area (Å²) in [4.78, 5) is 76.0. The Morgan fingerprint density at radius 1 is 1.00 bits per heavy atom. The summed E-state index contributed by atoms with van der Waals surface area (Å²) in [7, 11) is 3.15. The van der Waals surface area contributed by atoms with Crippen molar-refractivity contribution in [3.05, 3.63) is 23.3 Å². The van der Waals surface area contributed by atoms with Crippen molar-refractivity contribution < 1.29 is 38.3 Å². The molecule has 1 aromatic rings. The van der Waals surface area contributed by atoms with Crippen molar-refractivity contribution in [3.63, 3.8) is 0 Å². The Hall–Kier alpha value is -4.16. The van der Waals surface area contributed by atoms with Crippen LogP contribution in [0.3, 0.4) is 0 Å². The van der Waals surface area contributed by atoms with Crippen LogP contribution in [0.5, 0.6) is 11.5 Å². The van der Waals surface area contributed by atoms with E-state index in [0.29, 0.717) is 35.6 Å². The van der Waals surface area contributed by atoms with E-state index >= 15 is 0 Å². The second-order valence-electron chi connectivity index (χ2n) is 16.2. The standard InChI is InChI=1S/C39H57N5O8/c1-8-12-27(33(46)36(48)40-25-15-16-25)41-35(47)29-21-39(20-28(43-52-39)26-17-23(2)30(50-6)19-31(26)51-7)22-44(29)37(49)34(38(3,4)5)42-32(45)18-24-13-10-9-11-14-24/h17,19,24-25,27,29,34H,8-16,18,20-22H2,1-7H3,(H,40,48)(H,41,47)(H,42,45)/t27-,29-,34+,39+/m0/s1. The zero-order valence-electron chi connectivity index (χ0n) is 31.9. The Labute approximate surface area is 307 Å². The summed E-state index contributed by atoms with van der Waals surface area (Å²) in [5.74, 6) is -1.11. The molecular weight excluding hydrogens is 666 g/mol. The number of nitrogens with one attached hydrogen (secondary N) is 3. The molecule has 52 heavy (non-hydrogen) atoms. The van der Waals surface area contributed by atoms with Crippen molar-refractivity contribution in [2.75, 3.05) is 20.8 Å². The highest BCUT2D eigenvalue weighted by Crippen LogP contribution is 2.42. The van der Waals surface area contributed by atoms with Gasteiger partial charge in [0, 0.05) is 36.9 Å². The number of carbonyl (C=O) groups excluding carboxylic acids is 5. The molecule has 4 aliphatic rings. The van der Waals surface area contributed by atoms with Gasteiger partial charge in [0.2, 0.25) is 23.5 Å². The molecule has 286 valence electrons. The van der Waals surface area contributed by atoms with Gasteiger partial charge < -0.3 is 35.2 Å². The summed E-state index contributed by atoms with van der Waals surface area (Å²) in [6, 6.07) is 0.639. The Morgan fingerprint density at radius 2 is 1.69 bits per heavy atom. The Balaban J connectivity index is 1.42. The quantitative estimate of drug-likeness (QED) is 0.242. The summed E-state index contributed by atoms with van der Waals surface area (Å²) in [6.07, 6.45) is 8.53. The van der Waals surface area contributed by atoms with E-state index in [2.05, 4.69) is 21.1 Å². The van der Waals surface area contributed by atoms with E-state index in [1.54, 1.807) is 20.3 Å². The molecule has 4 amide bonds. The van der Waals surface area contributed by atoms with Gasteiger partial charge in [0.05, 0.1) is 32.5 Å². The van der Waals surface area contributed by atoms with Crippen molar-refractivity contribution >= 4 is 35.1 Å². The smallest absolute Gasteiger partial charge is 0.289 e. The number of carbonyl (C=O) groups is 5. The van der Waals surface area contributed by atoms with Crippen LogP contribution in [0.2, 0.25) is 0 Å². The van der Waals surface area contributed by atoms with E-state index in [-0.39, 0.29) is 43.7 Å². The third kappa shape index (κ3) is 9.06. The minimum atomic E-state index is -1.06. The van der Waals surface area contributed by atoms with E-state index < -0.39 is 52.6 Å². The lowest BCUT2D eigenvalue weighted by atomic mass is 9.84. The Morgan fingerprint density at radius 3 is 2.31 bits per heavy atom. The van der Waals surface area contributed by atoms with Crippen LogP contribution >= 0.6 is 0 Å². The molecule has 0 bridgehead atoms. The molecule has 0 aromatic heterocycles. The predicted molar refractivity (Wildman–Crippen MR) is 195 cm³/mol. The molecule has 0 radical (unpaired) electrons. The van der Waals surface area contributed by atoms with Gasteiger partial charge in [0.15, 0.2) is 5.60 Å². The van der Waals surface area contributed by atoms with Gasteiger partial charge in [-0.05, 0) is 62.0 Å². The van der Waals surface area contributed by atoms with Gasteiger partial charge in [-0.25, -0.2) is 0 Å². The molecule has 13 nitrogen and oxygen atoms in total. The maximum Gasteiger partial charge on any atom is 0.289 e. The van der Waals surface area contributed by atoms with Crippen LogP contribution in [0, 0.1) is 18.3 Å². The lowest BCUT2D eigenvalue weighted by Crippen LogP contribution is -2.59. The first kappa shape index (κ1) is 39.1. The second-order valence-corrected chi connectivity index (χ2v) is 16.2. The number of aryl methyl sites for hydroxylation is 1. The number of likely N-dealkylation sites (tertiary alicyclic amines) is 1. The number of methoxy groups -OCH3 is 2. The van der Waals surface area contributed by atoms with E-state index in [9.17, 15) is 24.0 Å². The minimum Gasteiger partial charge on any atom is -0.496 e. The molecule has 3 fully saturated rings. The third-order valence-electron chi connectivity index (χ3n) is 10.8. The lowest BCUT2D eigenvalue weighted by molar-refractivity contribution is -0.145. The molecule has 5 rings (SSSR count). The first-order valence-electron chi connectivity index (χ1n) is 18.9. The van der Waals surface area contributed by atoms with Gasteiger partial charge in [-0.3, -0.25) is 24.0 Å². The average molecular weight is 724 g/mol. The van der Waals surface area contributed by atoms with Crippen LogP contribution in [-0.2, 0) is 28.8 Å². The van der Waals surface area contributed by atoms with Crippen LogP contribution in [0.15, 0.2) is 17.3 Å². The fourth-order valence-electron chi connectivity index (χ4n) is 7.71. The molecule has 1 saturated heterocycles. The number of hydrogen-bond donors (Lipinski definition) is 3. The monoisotopic (exact) mass is 723 g/mol. The second kappa shape index (κ2) is 16.2.